The summed E-state index contributed by atoms with van der Waals surface area (Å²) in [4.78, 5) is 37.5. The summed E-state index contributed by atoms with van der Waals surface area (Å²) in [6.07, 6.45) is 1.53. The molecule has 1 saturated heterocycles. The summed E-state index contributed by atoms with van der Waals surface area (Å²) >= 11 is 0. The number of nitro benzene ring substituents is 1. The Morgan fingerprint density at radius 1 is 0.971 bits per heavy atom. The summed E-state index contributed by atoms with van der Waals surface area (Å²) in [6.45, 7) is 10.2. The van der Waals surface area contributed by atoms with Gasteiger partial charge in [-0.3, -0.25) is 14.9 Å². The first kappa shape index (κ1) is 24.3. The van der Waals surface area contributed by atoms with Crippen LogP contribution in [0.4, 0.5) is 11.5 Å². The van der Waals surface area contributed by atoms with Crippen molar-refractivity contribution in [2.45, 2.75) is 40.5 Å². The zero-order valence-electron chi connectivity index (χ0n) is 20.7. The minimum atomic E-state index is -0.439. The van der Waals surface area contributed by atoms with Gasteiger partial charge in [0, 0.05) is 61.1 Å². The molecule has 0 radical (unpaired) electrons. The molecule has 2 aromatic carbocycles. The number of nitro groups is 1. The van der Waals surface area contributed by atoms with Crippen LogP contribution in [0.25, 0.3) is 0 Å². The van der Waals surface area contributed by atoms with Crippen molar-refractivity contribution in [3.8, 4) is 0 Å². The van der Waals surface area contributed by atoms with Crippen molar-refractivity contribution in [1.82, 2.24) is 14.9 Å². The fourth-order valence-corrected chi connectivity index (χ4v) is 4.55. The molecule has 35 heavy (non-hydrogen) atoms. The summed E-state index contributed by atoms with van der Waals surface area (Å²) in [6, 6.07) is 13.2. The number of carbonyl (C=O) groups excluding carboxylic acids is 1. The highest BCUT2D eigenvalue weighted by atomic mass is 16.6. The zero-order valence-corrected chi connectivity index (χ0v) is 20.7. The van der Waals surface area contributed by atoms with Crippen molar-refractivity contribution in [3.63, 3.8) is 0 Å². The number of nitrogens with zero attached hydrogens (tertiary/aromatic N) is 5. The van der Waals surface area contributed by atoms with E-state index in [1.54, 1.807) is 24.0 Å². The molecule has 182 valence electrons. The van der Waals surface area contributed by atoms with Gasteiger partial charge in [0.2, 0.25) is 0 Å². The Morgan fingerprint density at radius 2 is 1.71 bits per heavy atom. The molecule has 0 spiro atoms. The molecule has 1 aromatic heterocycles. The van der Waals surface area contributed by atoms with Crippen LogP contribution in [0, 0.1) is 37.8 Å². The van der Waals surface area contributed by atoms with Gasteiger partial charge in [0.1, 0.15) is 11.6 Å². The third-order valence-corrected chi connectivity index (χ3v) is 6.54. The summed E-state index contributed by atoms with van der Waals surface area (Å²) in [5.74, 6) is 1.48. The van der Waals surface area contributed by atoms with E-state index in [1.807, 2.05) is 13.8 Å². The average Bonchev–Trinajstić information content (AvgIpc) is 3.08. The second-order valence-corrected chi connectivity index (χ2v) is 9.21. The molecule has 8 nitrogen and oxygen atoms in total. The Morgan fingerprint density at radius 3 is 2.43 bits per heavy atom. The molecule has 0 unspecified atom stereocenters. The number of rotatable bonds is 5. The highest BCUT2D eigenvalue weighted by Gasteiger charge is 2.25. The standard InChI is InChI=1S/C27H31N5O3/c1-18-6-9-22(10-7-18)16-24-20(3)28-21(4)29-26(24)30-12-5-13-31(15-14-30)27(33)23-11-8-19(2)25(17-23)32(34)35/h6-11,17H,5,12-16H2,1-4H3. The number of anilines is 1. The fraction of sp³-hybridized carbons (Fsp3) is 0.370. The molecule has 1 aliphatic heterocycles. The number of aryl methyl sites for hydroxylation is 4. The van der Waals surface area contributed by atoms with Crippen molar-refractivity contribution in [2.75, 3.05) is 31.1 Å². The van der Waals surface area contributed by atoms with Crippen LogP contribution in [-0.4, -0.2) is 51.9 Å². The van der Waals surface area contributed by atoms with Gasteiger partial charge in [0.25, 0.3) is 11.6 Å². The lowest BCUT2D eigenvalue weighted by atomic mass is 10.0. The molecule has 3 aromatic rings. The maximum Gasteiger partial charge on any atom is 0.273 e. The van der Waals surface area contributed by atoms with Crippen molar-refractivity contribution in [2.24, 2.45) is 0 Å². The van der Waals surface area contributed by atoms with Gasteiger partial charge in [0.05, 0.1) is 4.92 Å². The minimum Gasteiger partial charge on any atom is -0.354 e. The molecule has 8 heteroatoms. The van der Waals surface area contributed by atoms with Crippen molar-refractivity contribution < 1.29 is 9.72 Å². The molecule has 4 rings (SSSR count). The number of carbonyl (C=O) groups is 1. The zero-order chi connectivity index (χ0) is 25.1. The van der Waals surface area contributed by atoms with Gasteiger partial charge in [-0.2, -0.15) is 0 Å². The smallest absolute Gasteiger partial charge is 0.273 e. The van der Waals surface area contributed by atoms with E-state index < -0.39 is 4.92 Å². The van der Waals surface area contributed by atoms with E-state index in [0.29, 0.717) is 30.8 Å². The van der Waals surface area contributed by atoms with Crippen LogP contribution in [0.15, 0.2) is 42.5 Å². The summed E-state index contributed by atoms with van der Waals surface area (Å²) in [5, 5.41) is 11.3. The van der Waals surface area contributed by atoms with Crippen LogP contribution < -0.4 is 4.90 Å². The number of benzene rings is 2. The number of aromatic nitrogens is 2. The third kappa shape index (κ3) is 5.48. The lowest BCUT2D eigenvalue weighted by molar-refractivity contribution is -0.385. The molecule has 1 aliphatic rings. The van der Waals surface area contributed by atoms with Gasteiger partial charge >= 0.3 is 0 Å². The largest absolute Gasteiger partial charge is 0.354 e. The predicted octanol–water partition coefficient (Wildman–Crippen LogP) is 4.56. The number of amides is 1. The lowest BCUT2D eigenvalue weighted by Gasteiger charge is -2.26. The Labute approximate surface area is 205 Å². The van der Waals surface area contributed by atoms with Crippen LogP contribution >= 0.6 is 0 Å². The Hall–Kier alpha value is -3.81. The molecule has 0 saturated carbocycles. The fourth-order valence-electron chi connectivity index (χ4n) is 4.55. The second-order valence-electron chi connectivity index (χ2n) is 9.21. The van der Waals surface area contributed by atoms with Crippen LogP contribution in [0.2, 0.25) is 0 Å². The Bertz CT molecular complexity index is 1260. The molecular formula is C27H31N5O3. The molecule has 1 fully saturated rings. The molecule has 0 aliphatic carbocycles. The number of hydrogen-bond acceptors (Lipinski definition) is 6. The van der Waals surface area contributed by atoms with E-state index in [4.69, 9.17) is 4.98 Å². The topological polar surface area (TPSA) is 92.5 Å². The normalized spacial score (nSPS) is 14.1. The summed E-state index contributed by atoms with van der Waals surface area (Å²) < 4.78 is 0. The first-order valence-corrected chi connectivity index (χ1v) is 11.9. The van der Waals surface area contributed by atoms with Crippen LogP contribution in [-0.2, 0) is 6.42 Å². The SMILES string of the molecule is Cc1ccc(Cc2c(C)nc(C)nc2N2CCCN(C(=O)c3ccc(C)c([N+](=O)[O-])c3)CC2)cc1. The van der Waals surface area contributed by atoms with Gasteiger partial charge < -0.3 is 9.80 Å². The quantitative estimate of drug-likeness (QED) is 0.398. The maximum atomic E-state index is 13.2. The maximum absolute atomic E-state index is 13.2. The van der Waals surface area contributed by atoms with Crippen molar-refractivity contribution >= 4 is 17.4 Å². The first-order chi connectivity index (χ1) is 16.7. The van der Waals surface area contributed by atoms with Gasteiger partial charge in [-0.25, -0.2) is 9.97 Å². The minimum absolute atomic E-state index is 0.0278. The van der Waals surface area contributed by atoms with E-state index in [2.05, 4.69) is 41.1 Å². The Balaban J connectivity index is 1.55. The molecule has 2 heterocycles. The average molecular weight is 474 g/mol. The monoisotopic (exact) mass is 473 g/mol. The van der Waals surface area contributed by atoms with Crippen LogP contribution in [0.3, 0.4) is 0 Å². The molecule has 0 atom stereocenters. The van der Waals surface area contributed by atoms with Crippen molar-refractivity contribution in [3.05, 3.63) is 91.9 Å². The van der Waals surface area contributed by atoms with E-state index in [1.165, 1.54) is 17.2 Å². The third-order valence-electron chi connectivity index (χ3n) is 6.54. The highest BCUT2D eigenvalue weighted by molar-refractivity contribution is 5.95. The van der Waals surface area contributed by atoms with Gasteiger partial charge in [-0.05, 0) is 45.7 Å². The van der Waals surface area contributed by atoms with Gasteiger partial charge in [0.15, 0.2) is 0 Å². The first-order valence-electron chi connectivity index (χ1n) is 11.9. The molecule has 1 amide bonds. The highest BCUT2D eigenvalue weighted by Crippen LogP contribution is 2.26. The van der Waals surface area contributed by atoms with Crippen LogP contribution in [0.1, 0.15) is 50.6 Å². The molecule has 0 N–H and O–H groups in total. The van der Waals surface area contributed by atoms with E-state index in [-0.39, 0.29) is 11.6 Å². The molecule has 0 bridgehead atoms. The van der Waals surface area contributed by atoms with Crippen LogP contribution in [0.5, 0.6) is 0 Å². The lowest BCUT2D eigenvalue weighted by Crippen LogP contribution is -2.35. The Kier molecular flexibility index (Phi) is 7.10. The van der Waals surface area contributed by atoms with Gasteiger partial charge in [-0.1, -0.05) is 35.9 Å². The van der Waals surface area contributed by atoms with E-state index in [9.17, 15) is 14.9 Å². The summed E-state index contributed by atoms with van der Waals surface area (Å²) in [7, 11) is 0. The molecular weight excluding hydrogens is 442 g/mol. The summed E-state index contributed by atoms with van der Waals surface area (Å²) in [5.41, 5.74) is 5.38. The van der Waals surface area contributed by atoms with Crippen molar-refractivity contribution in [1.29, 1.82) is 0 Å². The van der Waals surface area contributed by atoms with E-state index >= 15 is 0 Å². The second kappa shape index (κ2) is 10.2. The van der Waals surface area contributed by atoms with E-state index in [0.717, 1.165) is 42.3 Å². The number of hydrogen-bond donors (Lipinski definition) is 0. The predicted molar refractivity (Wildman–Crippen MR) is 136 cm³/mol. The van der Waals surface area contributed by atoms with Gasteiger partial charge in [-0.15, -0.1) is 0 Å².